The molecule has 7 heteroatoms. The zero-order valence-corrected chi connectivity index (χ0v) is 19.3. The van der Waals surface area contributed by atoms with E-state index in [0.29, 0.717) is 24.8 Å². The number of Topliss-reactive ketones (excluding diaryl/α,β-unsaturated/α-hetero) is 1. The third-order valence-electron chi connectivity index (χ3n) is 6.46. The Morgan fingerprint density at radius 2 is 1.88 bits per heavy atom. The molecule has 34 heavy (non-hydrogen) atoms. The summed E-state index contributed by atoms with van der Waals surface area (Å²) < 4.78 is 11.8. The molecule has 0 saturated heterocycles. The number of hydrogen-bond donors (Lipinski definition) is 1. The number of carbonyl (C=O) groups is 2. The second kappa shape index (κ2) is 8.82. The van der Waals surface area contributed by atoms with E-state index in [4.69, 9.17) is 9.47 Å². The van der Waals surface area contributed by atoms with Crippen LogP contribution in [0.2, 0.25) is 0 Å². The Labute approximate surface area is 198 Å². The van der Waals surface area contributed by atoms with Gasteiger partial charge in [0.25, 0.3) is 0 Å². The molecule has 1 atom stereocenters. The maximum Gasteiger partial charge on any atom is 0.326 e. The van der Waals surface area contributed by atoms with Gasteiger partial charge in [-0.15, -0.1) is 0 Å². The van der Waals surface area contributed by atoms with Gasteiger partial charge in [0.2, 0.25) is 5.88 Å². The number of amides is 2. The second-order valence-corrected chi connectivity index (χ2v) is 9.03. The van der Waals surface area contributed by atoms with Gasteiger partial charge in [0.05, 0.1) is 17.6 Å². The molecule has 2 amide bonds. The Balaban J connectivity index is 1.31. The molecule has 1 saturated carbocycles. The molecule has 0 spiro atoms. The maximum atomic E-state index is 13.0. The van der Waals surface area contributed by atoms with E-state index in [-0.39, 0.29) is 23.3 Å². The molecule has 2 aliphatic rings. The lowest BCUT2D eigenvalue weighted by Gasteiger charge is -2.33. The lowest BCUT2D eigenvalue weighted by molar-refractivity contribution is -0.123. The number of rotatable bonds is 6. The lowest BCUT2D eigenvalue weighted by Crippen LogP contribution is -2.44. The number of ether oxygens (including phenoxy) is 2. The lowest BCUT2D eigenvalue weighted by atomic mass is 10.0. The van der Waals surface area contributed by atoms with Crippen molar-refractivity contribution in [3.63, 3.8) is 0 Å². The molecule has 0 radical (unpaired) electrons. The topological polar surface area (TPSA) is 80.8 Å². The number of nitrogens with one attached hydrogen (secondary N) is 1. The van der Waals surface area contributed by atoms with Gasteiger partial charge in [-0.1, -0.05) is 24.3 Å². The normalized spacial score (nSPS) is 17.8. The molecule has 1 unspecified atom stereocenters. The zero-order valence-electron chi connectivity index (χ0n) is 19.3. The van der Waals surface area contributed by atoms with Gasteiger partial charge in [0.15, 0.2) is 0 Å². The number of aromatic nitrogens is 1. The summed E-state index contributed by atoms with van der Waals surface area (Å²) in [6, 6.07) is 18.7. The summed E-state index contributed by atoms with van der Waals surface area (Å²) in [5, 5.41) is 2.95. The van der Waals surface area contributed by atoms with Crippen LogP contribution in [0.4, 0.5) is 16.2 Å². The molecule has 0 bridgehead atoms. The number of anilines is 2. The van der Waals surface area contributed by atoms with E-state index in [2.05, 4.69) is 10.3 Å². The highest BCUT2D eigenvalue weighted by Gasteiger charge is 2.48. The van der Waals surface area contributed by atoms with E-state index >= 15 is 0 Å². The van der Waals surface area contributed by atoms with Crippen LogP contribution < -0.4 is 19.7 Å². The van der Waals surface area contributed by atoms with Crippen LogP contribution in [0.15, 0.2) is 66.9 Å². The summed E-state index contributed by atoms with van der Waals surface area (Å²) in [4.78, 5) is 30.8. The average Bonchev–Trinajstić information content (AvgIpc) is 3.64. The monoisotopic (exact) mass is 457 g/mol. The summed E-state index contributed by atoms with van der Waals surface area (Å²) in [6.45, 7) is 4.40. The summed E-state index contributed by atoms with van der Waals surface area (Å²) >= 11 is 0. The number of nitrogens with zero attached hydrogens (tertiary/aromatic N) is 2. The molecule has 3 aromatic rings. The fraction of sp³-hybridized carbons (Fsp3) is 0.296. The van der Waals surface area contributed by atoms with E-state index in [1.54, 1.807) is 18.0 Å². The number of urea groups is 1. The SMILES string of the molecule is CC(=O)C1(COc2ccc(-c3ccc4c(c3)OC(C)CN4C(=O)Nc3ccccc3)cn2)CC1. The first-order valence-electron chi connectivity index (χ1n) is 11.5. The van der Waals surface area contributed by atoms with Crippen LogP contribution in [0.1, 0.15) is 26.7 Å². The first kappa shape index (κ1) is 21.9. The molecule has 5 rings (SSSR count). The van der Waals surface area contributed by atoms with Gasteiger partial charge in [0.1, 0.15) is 24.2 Å². The summed E-state index contributed by atoms with van der Waals surface area (Å²) in [5.41, 5.74) is 2.99. The van der Waals surface area contributed by atoms with Crippen LogP contribution in [-0.4, -0.2) is 36.1 Å². The third kappa shape index (κ3) is 4.46. The standard InChI is InChI=1S/C27H27N3O4/c1-18-16-30(26(32)29-22-6-4-3-5-7-22)23-10-8-20(14-24(23)34-18)21-9-11-25(28-15-21)33-17-27(12-13-27)19(2)31/h3-11,14-15,18H,12-13,16-17H2,1-2H3,(H,29,32). The smallest absolute Gasteiger partial charge is 0.326 e. The minimum atomic E-state index is -0.314. The maximum absolute atomic E-state index is 13.0. The summed E-state index contributed by atoms with van der Waals surface area (Å²) in [5.74, 6) is 1.33. The van der Waals surface area contributed by atoms with Gasteiger partial charge < -0.3 is 14.8 Å². The molecule has 2 aromatic carbocycles. The summed E-state index contributed by atoms with van der Waals surface area (Å²) in [7, 11) is 0. The quantitative estimate of drug-likeness (QED) is 0.542. The van der Waals surface area contributed by atoms with Gasteiger partial charge in [-0.3, -0.25) is 9.69 Å². The van der Waals surface area contributed by atoms with Crippen molar-refractivity contribution in [1.29, 1.82) is 0 Å². The van der Waals surface area contributed by atoms with Gasteiger partial charge in [-0.2, -0.15) is 0 Å². The number of hydrogen-bond acceptors (Lipinski definition) is 5. The molecular formula is C27H27N3O4. The van der Waals surface area contributed by atoms with Gasteiger partial charge in [0, 0.05) is 23.5 Å². The Morgan fingerprint density at radius 1 is 1.12 bits per heavy atom. The fourth-order valence-corrected chi connectivity index (χ4v) is 4.12. The molecule has 1 aliphatic carbocycles. The number of para-hydroxylation sites is 1. The minimum Gasteiger partial charge on any atom is -0.487 e. The first-order chi connectivity index (χ1) is 16.4. The van der Waals surface area contributed by atoms with Crippen LogP contribution in [0.25, 0.3) is 11.1 Å². The highest BCUT2D eigenvalue weighted by molar-refractivity contribution is 6.03. The minimum absolute atomic E-state index is 0.144. The Hall–Kier alpha value is -3.87. The summed E-state index contributed by atoms with van der Waals surface area (Å²) in [6.07, 6.45) is 3.37. The van der Waals surface area contributed by atoms with E-state index in [1.165, 1.54) is 0 Å². The molecule has 2 heterocycles. The van der Waals surface area contributed by atoms with E-state index < -0.39 is 0 Å². The van der Waals surface area contributed by atoms with Crippen molar-refractivity contribution in [3.05, 3.63) is 66.9 Å². The second-order valence-electron chi connectivity index (χ2n) is 9.03. The van der Waals surface area contributed by atoms with Crippen molar-refractivity contribution >= 4 is 23.2 Å². The predicted molar refractivity (Wildman–Crippen MR) is 130 cm³/mol. The molecule has 7 nitrogen and oxygen atoms in total. The molecule has 1 aliphatic heterocycles. The van der Waals surface area contributed by atoms with Crippen molar-refractivity contribution < 1.29 is 19.1 Å². The molecular weight excluding hydrogens is 430 g/mol. The number of pyridine rings is 1. The van der Waals surface area contributed by atoms with Crippen LogP contribution in [0, 0.1) is 5.41 Å². The number of benzene rings is 2. The van der Waals surface area contributed by atoms with E-state index in [1.807, 2.05) is 67.6 Å². The molecule has 1 aromatic heterocycles. The van der Waals surface area contributed by atoms with Crippen LogP contribution >= 0.6 is 0 Å². The van der Waals surface area contributed by atoms with Crippen LogP contribution in [-0.2, 0) is 4.79 Å². The Bertz CT molecular complexity index is 1210. The van der Waals surface area contributed by atoms with Gasteiger partial charge in [-0.25, -0.2) is 9.78 Å². The highest BCUT2D eigenvalue weighted by Crippen LogP contribution is 2.46. The Morgan fingerprint density at radius 3 is 2.56 bits per heavy atom. The fourth-order valence-electron chi connectivity index (χ4n) is 4.12. The number of fused-ring (bicyclic) bond motifs is 1. The first-order valence-corrected chi connectivity index (χ1v) is 11.5. The van der Waals surface area contributed by atoms with Crippen molar-refractivity contribution in [3.8, 4) is 22.8 Å². The van der Waals surface area contributed by atoms with Gasteiger partial charge in [-0.05, 0) is 62.6 Å². The van der Waals surface area contributed by atoms with Crippen LogP contribution in [0.3, 0.4) is 0 Å². The van der Waals surface area contributed by atoms with Crippen molar-refractivity contribution in [2.45, 2.75) is 32.8 Å². The molecule has 1 fully saturated rings. The Kier molecular flexibility index (Phi) is 5.69. The average molecular weight is 458 g/mol. The van der Waals surface area contributed by atoms with Crippen molar-refractivity contribution in [2.75, 3.05) is 23.4 Å². The number of carbonyl (C=O) groups excluding carboxylic acids is 2. The van der Waals surface area contributed by atoms with Crippen molar-refractivity contribution in [1.82, 2.24) is 4.98 Å². The number of ketones is 1. The van der Waals surface area contributed by atoms with Crippen molar-refractivity contribution in [2.24, 2.45) is 5.41 Å². The highest BCUT2D eigenvalue weighted by atomic mass is 16.5. The third-order valence-corrected chi connectivity index (χ3v) is 6.46. The van der Waals surface area contributed by atoms with Gasteiger partial charge >= 0.3 is 6.03 Å². The van der Waals surface area contributed by atoms with E-state index in [0.717, 1.165) is 35.3 Å². The largest absolute Gasteiger partial charge is 0.487 e. The van der Waals surface area contributed by atoms with Crippen LogP contribution in [0.5, 0.6) is 11.6 Å². The van der Waals surface area contributed by atoms with E-state index in [9.17, 15) is 9.59 Å². The zero-order chi connectivity index (χ0) is 23.7. The molecule has 1 N–H and O–H groups in total. The molecule has 174 valence electrons. The predicted octanol–water partition coefficient (Wildman–Crippen LogP) is 5.32.